The van der Waals surface area contributed by atoms with Gasteiger partial charge in [0, 0.05) is 18.5 Å². The predicted molar refractivity (Wildman–Crippen MR) is 80.8 cm³/mol. The third-order valence-corrected chi connectivity index (χ3v) is 3.39. The minimum absolute atomic E-state index is 0.257. The van der Waals surface area contributed by atoms with Crippen LogP contribution in [0.5, 0.6) is 5.75 Å². The highest BCUT2D eigenvalue weighted by Gasteiger charge is 2.09. The van der Waals surface area contributed by atoms with E-state index in [9.17, 15) is 5.11 Å². The number of aliphatic hydroxyl groups excluding tert-OH is 1. The molecule has 1 aromatic carbocycles. The number of para-hydroxylation sites is 1. The number of benzene rings is 1. The third kappa shape index (κ3) is 3.46. The fourth-order valence-electron chi connectivity index (χ4n) is 2.01. The quantitative estimate of drug-likeness (QED) is 0.849. The second-order valence-electron chi connectivity index (χ2n) is 5.28. The van der Waals surface area contributed by atoms with Crippen LogP contribution in [-0.2, 0) is 6.54 Å². The minimum atomic E-state index is -0.329. The molecular formula is C16H22N2O2. The van der Waals surface area contributed by atoms with Crippen molar-refractivity contribution in [2.75, 3.05) is 13.7 Å². The molecule has 0 aliphatic heterocycles. The molecule has 1 aromatic heterocycles. The van der Waals surface area contributed by atoms with E-state index in [0.29, 0.717) is 13.1 Å². The van der Waals surface area contributed by atoms with Gasteiger partial charge in [-0.05, 0) is 18.1 Å². The average Bonchev–Trinajstić information content (AvgIpc) is 2.46. The molecule has 20 heavy (non-hydrogen) atoms. The van der Waals surface area contributed by atoms with Gasteiger partial charge >= 0.3 is 0 Å². The molecule has 0 bridgehead atoms. The van der Waals surface area contributed by atoms with E-state index in [0.717, 1.165) is 22.3 Å². The Morgan fingerprint density at radius 3 is 2.75 bits per heavy atom. The number of nitrogens with zero attached hydrogens (tertiary/aromatic N) is 1. The minimum Gasteiger partial charge on any atom is -0.494 e. The molecule has 0 amide bonds. The molecular weight excluding hydrogens is 252 g/mol. The zero-order valence-corrected chi connectivity index (χ0v) is 12.3. The van der Waals surface area contributed by atoms with Crippen molar-refractivity contribution in [3.05, 3.63) is 36.0 Å². The lowest BCUT2D eigenvalue weighted by atomic mass is 10.1. The summed E-state index contributed by atoms with van der Waals surface area (Å²) in [5.41, 5.74) is 1.82. The first-order chi connectivity index (χ1) is 9.61. The lowest BCUT2D eigenvalue weighted by Crippen LogP contribution is -2.30. The van der Waals surface area contributed by atoms with Crippen LogP contribution in [0.15, 0.2) is 30.3 Å². The fraction of sp³-hybridized carbons (Fsp3) is 0.438. The monoisotopic (exact) mass is 274 g/mol. The summed E-state index contributed by atoms with van der Waals surface area (Å²) in [4.78, 5) is 4.62. The normalized spacial score (nSPS) is 12.8. The van der Waals surface area contributed by atoms with Crippen LogP contribution in [-0.4, -0.2) is 29.8 Å². The molecule has 108 valence electrons. The topological polar surface area (TPSA) is 54.4 Å². The van der Waals surface area contributed by atoms with Crippen LogP contribution in [0, 0.1) is 5.92 Å². The molecule has 4 nitrogen and oxygen atoms in total. The number of methoxy groups -OCH3 is 1. The molecule has 2 rings (SSSR count). The van der Waals surface area contributed by atoms with Crippen molar-refractivity contribution in [3.8, 4) is 5.75 Å². The van der Waals surface area contributed by atoms with Crippen molar-refractivity contribution < 1.29 is 9.84 Å². The van der Waals surface area contributed by atoms with Crippen molar-refractivity contribution in [1.82, 2.24) is 10.3 Å². The molecule has 2 N–H and O–H groups in total. The Hall–Kier alpha value is -1.65. The van der Waals surface area contributed by atoms with Gasteiger partial charge in [-0.1, -0.05) is 32.0 Å². The summed E-state index contributed by atoms with van der Waals surface area (Å²) in [6, 6.07) is 9.93. The highest BCUT2D eigenvalue weighted by atomic mass is 16.5. The number of aromatic nitrogens is 1. The third-order valence-electron chi connectivity index (χ3n) is 3.39. The Bertz CT molecular complexity index is 569. The second kappa shape index (κ2) is 6.68. The van der Waals surface area contributed by atoms with Gasteiger partial charge in [-0.3, -0.25) is 0 Å². The van der Waals surface area contributed by atoms with E-state index in [4.69, 9.17) is 4.74 Å². The summed E-state index contributed by atoms with van der Waals surface area (Å²) in [5.74, 6) is 1.04. The van der Waals surface area contributed by atoms with E-state index < -0.39 is 0 Å². The standard InChI is InChI=1S/C16H22N2O2/c1-11(2)14(19)10-17-9-13-8-7-12-5-4-6-15(20-3)16(12)18-13/h4-8,11,14,17,19H,9-10H2,1-3H3. The van der Waals surface area contributed by atoms with Gasteiger partial charge in [-0.2, -0.15) is 0 Å². The van der Waals surface area contributed by atoms with Crippen LogP contribution in [0.1, 0.15) is 19.5 Å². The number of ether oxygens (including phenoxy) is 1. The maximum absolute atomic E-state index is 9.76. The van der Waals surface area contributed by atoms with Gasteiger partial charge < -0.3 is 15.2 Å². The van der Waals surface area contributed by atoms with Gasteiger partial charge in [0.05, 0.1) is 18.9 Å². The van der Waals surface area contributed by atoms with E-state index in [1.165, 1.54) is 0 Å². The molecule has 0 fully saturated rings. The Morgan fingerprint density at radius 1 is 1.25 bits per heavy atom. The molecule has 0 aliphatic carbocycles. The van der Waals surface area contributed by atoms with Crippen LogP contribution in [0.3, 0.4) is 0 Å². The highest BCUT2D eigenvalue weighted by Crippen LogP contribution is 2.23. The molecule has 0 saturated heterocycles. The molecule has 4 heteroatoms. The number of aliphatic hydroxyl groups is 1. The van der Waals surface area contributed by atoms with E-state index in [-0.39, 0.29) is 12.0 Å². The first-order valence-electron chi connectivity index (χ1n) is 6.93. The van der Waals surface area contributed by atoms with Crippen molar-refractivity contribution in [3.63, 3.8) is 0 Å². The van der Waals surface area contributed by atoms with Crippen molar-refractivity contribution >= 4 is 10.9 Å². The van der Waals surface area contributed by atoms with Gasteiger partial charge in [-0.15, -0.1) is 0 Å². The second-order valence-corrected chi connectivity index (χ2v) is 5.28. The van der Waals surface area contributed by atoms with Gasteiger partial charge in [0.15, 0.2) is 0 Å². The predicted octanol–water partition coefficient (Wildman–Crippen LogP) is 2.35. The SMILES string of the molecule is COc1cccc2ccc(CNCC(O)C(C)C)nc12. The molecule has 0 spiro atoms. The first kappa shape index (κ1) is 14.8. The van der Waals surface area contributed by atoms with Crippen molar-refractivity contribution in [2.24, 2.45) is 5.92 Å². The van der Waals surface area contributed by atoms with E-state index in [2.05, 4.69) is 10.3 Å². The number of pyridine rings is 1. The number of hydrogen-bond donors (Lipinski definition) is 2. The van der Waals surface area contributed by atoms with Gasteiger partial charge in [0.1, 0.15) is 11.3 Å². The molecule has 2 aromatic rings. The van der Waals surface area contributed by atoms with E-state index >= 15 is 0 Å². The largest absolute Gasteiger partial charge is 0.494 e. The zero-order chi connectivity index (χ0) is 14.5. The number of fused-ring (bicyclic) bond motifs is 1. The number of nitrogens with one attached hydrogen (secondary N) is 1. The lowest BCUT2D eigenvalue weighted by molar-refractivity contribution is 0.123. The Morgan fingerprint density at radius 2 is 2.05 bits per heavy atom. The Kier molecular flexibility index (Phi) is 4.93. The Labute approximate surface area is 119 Å². The molecule has 0 saturated carbocycles. The van der Waals surface area contributed by atoms with Crippen LogP contribution < -0.4 is 10.1 Å². The maximum atomic E-state index is 9.76. The summed E-state index contributed by atoms with van der Waals surface area (Å²) in [5, 5.41) is 14.1. The number of hydrogen-bond acceptors (Lipinski definition) is 4. The summed E-state index contributed by atoms with van der Waals surface area (Å²) in [6.07, 6.45) is -0.329. The molecule has 0 radical (unpaired) electrons. The lowest BCUT2D eigenvalue weighted by Gasteiger charge is -2.15. The Balaban J connectivity index is 2.08. The molecule has 1 unspecified atom stereocenters. The highest BCUT2D eigenvalue weighted by molar-refractivity contribution is 5.84. The molecule has 1 heterocycles. The summed E-state index contributed by atoms with van der Waals surface area (Å²) in [7, 11) is 1.65. The first-order valence-corrected chi connectivity index (χ1v) is 6.93. The molecule has 0 aliphatic rings. The summed E-state index contributed by atoms with van der Waals surface area (Å²) in [6.45, 7) is 5.22. The van der Waals surface area contributed by atoms with Crippen LogP contribution in [0.25, 0.3) is 10.9 Å². The van der Waals surface area contributed by atoms with Crippen LogP contribution in [0.4, 0.5) is 0 Å². The van der Waals surface area contributed by atoms with Gasteiger partial charge in [0.25, 0.3) is 0 Å². The fourth-order valence-corrected chi connectivity index (χ4v) is 2.01. The van der Waals surface area contributed by atoms with Crippen molar-refractivity contribution in [1.29, 1.82) is 0 Å². The van der Waals surface area contributed by atoms with Gasteiger partial charge in [0.2, 0.25) is 0 Å². The smallest absolute Gasteiger partial charge is 0.145 e. The summed E-state index contributed by atoms with van der Waals surface area (Å²) >= 11 is 0. The van der Waals surface area contributed by atoms with Crippen LogP contribution in [0.2, 0.25) is 0 Å². The maximum Gasteiger partial charge on any atom is 0.145 e. The van der Waals surface area contributed by atoms with Gasteiger partial charge in [-0.25, -0.2) is 4.98 Å². The summed E-state index contributed by atoms with van der Waals surface area (Å²) < 4.78 is 5.33. The zero-order valence-electron chi connectivity index (χ0n) is 12.3. The van der Waals surface area contributed by atoms with Crippen LogP contribution >= 0.6 is 0 Å². The average molecular weight is 274 g/mol. The number of rotatable bonds is 6. The van der Waals surface area contributed by atoms with Crippen molar-refractivity contribution in [2.45, 2.75) is 26.5 Å². The van der Waals surface area contributed by atoms with E-state index in [1.54, 1.807) is 7.11 Å². The molecule has 1 atom stereocenters. The van der Waals surface area contributed by atoms with E-state index in [1.807, 2.05) is 44.2 Å².